The van der Waals surface area contributed by atoms with E-state index in [0.717, 1.165) is 50.0 Å². The van der Waals surface area contributed by atoms with E-state index in [4.69, 9.17) is 14.2 Å². The third-order valence-corrected chi connectivity index (χ3v) is 8.95. The van der Waals surface area contributed by atoms with Gasteiger partial charge in [0.15, 0.2) is 6.10 Å². The van der Waals surface area contributed by atoms with Crippen molar-refractivity contribution in [3.05, 3.63) is 0 Å². The molecule has 0 amide bonds. The minimum atomic E-state index is -0.793. The highest BCUT2D eigenvalue weighted by atomic mass is 32.2. The first-order valence-electron chi connectivity index (χ1n) is 17.5. The zero-order valence-corrected chi connectivity index (χ0v) is 30.4. The lowest BCUT2D eigenvalue weighted by molar-refractivity contribution is -0.163. The fourth-order valence-corrected chi connectivity index (χ4v) is 6.11. The summed E-state index contributed by atoms with van der Waals surface area (Å²) in [6, 6.07) is 0. The number of unbranched alkanes of at least 4 members (excludes halogenated alkanes) is 16. The highest BCUT2D eigenvalue weighted by Crippen LogP contribution is 2.14. The summed E-state index contributed by atoms with van der Waals surface area (Å²) >= 11 is 3.12. The van der Waals surface area contributed by atoms with Gasteiger partial charge in [0, 0.05) is 32.6 Å². The van der Waals surface area contributed by atoms with Gasteiger partial charge < -0.3 is 14.2 Å². The first-order valence-corrected chi connectivity index (χ1v) is 19.9. The molecule has 6 nitrogen and oxygen atoms in total. The first kappa shape index (κ1) is 43.2. The maximum Gasteiger partial charge on any atom is 0.316 e. The zero-order valence-electron chi connectivity index (χ0n) is 28.7. The summed E-state index contributed by atoms with van der Waals surface area (Å²) in [6.45, 7) is 5.23. The lowest BCUT2D eigenvalue weighted by Crippen LogP contribution is -2.30. The van der Waals surface area contributed by atoms with E-state index < -0.39 is 12.1 Å². The van der Waals surface area contributed by atoms with E-state index >= 15 is 0 Å². The van der Waals surface area contributed by atoms with Crippen molar-refractivity contribution in [2.75, 3.05) is 36.2 Å². The number of carbonyl (C=O) groups is 3. The summed E-state index contributed by atoms with van der Waals surface area (Å²) in [5, 5.41) is 0. The molecule has 0 aromatic heterocycles. The summed E-state index contributed by atoms with van der Waals surface area (Å²) in [6.07, 6.45) is 22.8. The molecule has 0 aliphatic rings. The van der Waals surface area contributed by atoms with Gasteiger partial charge in [0.2, 0.25) is 0 Å². The predicted molar refractivity (Wildman–Crippen MR) is 191 cm³/mol. The summed E-state index contributed by atoms with van der Waals surface area (Å²) in [4.78, 5) is 35.7. The third-order valence-electron chi connectivity index (χ3n) is 6.92. The average molecular weight is 667 g/mol. The second-order valence-electron chi connectivity index (χ2n) is 11.3. The SMILES string of the molecule is CCC#CCCCCCCCCCCSCC(=O)OCC(COC(=O)CSCCCCCCCCCCC#CCC)OC(C)=O. The van der Waals surface area contributed by atoms with Crippen molar-refractivity contribution >= 4 is 41.4 Å². The number of hydrogen-bond donors (Lipinski definition) is 0. The van der Waals surface area contributed by atoms with E-state index in [0.29, 0.717) is 0 Å². The van der Waals surface area contributed by atoms with Crippen LogP contribution in [0.5, 0.6) is 0 Å². The van der Waals surface area contributed by atoms with E-state index in [1.54, 1.807) is 23.5 Å². The summed E-state index contributed by atoms with van der Waals surface area (Å²) in [5.41, 5.74) is 0. The van der Waals surface area contributed by atoms with Gasteiger partial charge in [-0.3, -0.25) is 14.4 Å². The maximum absolute atomic E-state index is 12.1. The Labute approximate surface area is 284 Å². The molecule has 0 heterocycles. The molecule has 0 aromatic rings. The van der Waals surface area contributed by atoms with Crippen LogP contribution in [0, 0.1) is 23.7 Å². The Morgan fingerprint density at radius 1 is 0.533 bits per heavy atom. The highest BCUT2D eigenvalue weighted by Gasteiger charge is 2.18. The monoisotopic (exact) mass is 666 g/mol. The molecule has 0 saturated heterocycles. The maximum atomic E-state index is 12.1. The van der Waals surface area contributed by atoms with Gasteiger partial charge in [0.05, 0.1) is 11.5 Å². The smallest absolute Gasteiger partial charge is 0.316 e. The molecule has 0 rings (SSSR count). The Morgan fingerprint density at radius 3 is 1.24 bits per heavy atom. The van der Waals surface area contributed by atoms with Crippen molar-refractivity contribution in [1.29, 1.82) is 0 Å². The average Bonchev–Trinajstić information content (AvgIpc) is 3.02. The van der Waals surface area contributed by atoms with Crippen LogP contribution >= 0.6 is 23.5 Å². The van der Waals surface area contributed by atoms with Crippen molar-refractivity contribution in [2.24, 2.45) is 0 Å². The largest absolute Gasteiger partial charge is 0.461 e. The van der Waals surface area contributed by atoms with Crippen molar-refractivity contribution in [3.8, 4) is 23.7 Å². The van der Waals surface area contributed by atoms with Crippen LogP contribution in [-0.2, 0) is 28.6 Å². The quantitative estimate of drug-likeness (QED) is 0.0338. The molecule has 0 unspecified atom stereocenters. The van der Waals surface area contributed by atoms with Crippen LogP contribution in [0.15, 0.2) is 0 Å². The van der Waals surface area contributed by atoms with E-state index in [1.165, 1.54) is 96.8 Å². The molecule has 0 aliphatic carbocycles. The fraction of sp³-hybridized carbons (Fsp3) is 0.811. The Bertz CT molecular complexity index is 792. The van der Waals surface area contributed by atoms with Crippen molar-refractivity contribution in [1.82, 2.24) is 0 Å². The molecule has 0 fully saturated rings. The van der Waals surface area contributed by atoms with Crippen LogP contribution in [0.25, 0.3) is 0 Å². The minimum absolute atomic E-state index is 0.114. The molecule has 0 radical (unpaired) electrons. The van der Waals surface area contributed by atoms with Gasteiger partial charge in [0.25, 0.3) is 0 Å². The molecule has 0 atom stereocenters. The molecule has 0 aliphatic heterocycles. The third kappa shape index (κ3) is 34.9. The Balaban J connectivity index is 3.75. The Kier molecular flexibility index (Phi) is 33.7. The van der Waals surface area contributed by atoms with Gasteiger partial charge in [-0.25, -0.2) is 0 Å². The number of ether oxygens (including phenoxy) is 3. The Morgan fingerprint density at radius 2 is 0.889 bits per heavy atom. The van der Waals surface area contributed by atoms with Crippen molar-refractivity contribution in [3.63, 3.8) is 0 Å². The lowest BCUT2D eigenvalue weighted by atomic mass is 10.1. The fourth-order valence-electron chi connectivity index (χ4n) is 4.50. The molecule has 258 valence electrons. The van der Waals surface area contributed by atoms with Crippen molar-refractivity contribution in [2.45, 2.75) is 155 Å². The summed E-state index contributed by atoms with van der Waals surface area (Å²) < 4.78 is 15.8. The van der Waals surface area contributed by atoms with Crippen LogP contribution in [0.1, 0.15) is 149 Å². The van der Waals surface area contributed by atoms with Crippen LogP contribution in [-0.4, -0.2) is 60.2 Å². The van der Waals surface area contributed by atoms with Crippen LogP contribution in [0.4, 0.5) is 0 Å². The van der Waals surface area contributed by atoms with Crippen molar-refractivity contribution < 1.29 is 28.6 Å². The molecule has 0 spiro atoms. The zero-order chi connectivity index (χ0) is 33.1. The molecule has 0 aromatic carbocycles. The van der Waals surface area contributed by atoms with Crippen LogP contribution in [0.3, 0.4) is 0 Å². The number of carbonyl (C=O) groups excluding carboxylic acids is 3. The molecule has 0 saturated carbocycles. The van der Waals surface area contributed by atoms with Gasteiger partial charge in [-0.2, -0.15) is 23.5 Å². The topological polar surface area (TPSA) is 78.9 Å². The van der Waals surface area contributed by atoms with Crippen LogP contribution in [0.2, 0.25) is 0 Å². The molecular formula is C37H62O6S2. The van der Waals surface area contributed by atoms with Gasteiger partial charge >= 0.3 is 17.9 Å². The number of esters is 3. The standard InChI is InChI=1S/C37H62O6S2/c1-4-6-8-10-12-14-16-18-20-22-24-26-28-44-32-36(39)41-30-35(43-34(3)38)31-42-37(40)33-45-29-27-25-23-21-19-17-15-13-11-9-7-5-2/h35H,4-5,10-33H2,1-3H3. The number of thioether (sulfide) groups is 2. The minimum Gasteiger partial charge on any atom is -0.461 e. The molecule has 0 bridgehead atoms. The van der Waals surface area contributed by atoms with Gasteiger partial charge in [0.1, 0.15) is 13.2 Å². The van der Waals surface area contributed by atoms with E-state index in [2.05, 4.69) is 37.5 Å². The Hall–Kier alpha value is -1.77. The van der Waals surface area contributed by atoms with Gasteiger partial charge in [-0.1, -0.05) is 90.9 Å². The summed E-state index contributed by atoms with van der Waals surface area (Å²) in [7, 11) is 0. The van der Waals surface area contributed by atoms with Gasteiger partial charge in [-0.15, -0.1) is 23.7 Å². The summed E-state index contributed by atoms with van der Waals surface area (Å²) in [5.74, 6) is 13.8. The second-order valence-corrected chi connectivity index (χ2v) is 13.5. The number of rotatable bonds is 29. The number of hydrogen-bond acceptors (Lipinski definition) is 8. The predicted octanol–water partition coefficient (Wildman–Crippen LogP) is 9.32. The first-order chi connectivity index (χ1) is 22.0. The lowest BCUT2D eigenvalue weighted by Gasteiger charge is -2.17. The van der Waals surface area contributed by atoms with E-state index in [9.17, 15) is 14.4 Å². The van der Waals surface area contributed by atoms with Gasteiger partial charge in [-0.05, 0) is 37.2 Å². The highest BCUT2D eigenvalue weighted by molar-refractivity contribution is 8.00. The van der Waals surface area contributed by atoms with Crippen LogP contribution < -0.4 is 0 Å². The normalized spacial score (nSPS) is 10.5. The van der Waals surface area contributed by atoms with E-state index in [1.807, 2.05) is 0 Å². The molecular weight excluding hydrogens is 605 g/mol. The molecule has 0 N–H and O–H groups in total. The molecule has 8 heteroatoms. The second kappa shape index (κ2) is 35.1. The van der Waals surface area contributed by atoms with E-state index in [-0.39, 0.29) is 36.7 Å². The molecule has 45 heavy (non-hydrogen) atoms.